The molecule has 21 heavy (non-hydrogen) atoms. The SMILES string of the molecule is CC(C)CNc1cnnc(Nc2ccc(C(C)C)cc2)n1. The molecule has 2 aromatic rings. The summed E-state index contributed by atoms with van der Waals surface area (Å²) in [5.41, 5.74) is 2.27. The van der Waals surface area contributed by atoms with Gasteiger partial charge in [0.05, 0.1) is 6.20 Å². The molecular formula is C16H23N5. The largest absolute Gasteiger partial charge is 0.368 e. The van der Waals surface area contributed by atoms with Crippen LogP contribution >= 0.6 is 0 Å². The molecule has 0 radical (unpaired) electrons. The lowest BCUT2D eigenvalue weighted by atomic mass is 10.0. The zero-order chi connectivity index (χ0) is 15.2. The van der Waals surface area contributed by atoms with Gasteiger partial charge in [-0.3, -0.25) is 0 Å². The molecule has 5 heteroatoms. The lowest BCUT2D eigenvalue weighted by molar-refractivity contribution is 0.686. The van der Waals surface area contributed by atoms with Crippen LogP contribution in [0.15, 0.2) is 30.5 Å². The average Bonchev–Trinajstić information content (AvgIpc) is 2.46. The highest BCUT2D eigenvalue weighted by atomic mass is 15.3. The van der Waals surface area contributed by atoms with E-state index in [0.717, 1.165) is 18.1 Å². The summed E-state index contributed by atoms with van der Waals surface area (Å²) in [6.07, 6.45) is 1.63. The van der Waals surface area contributed by atoms with Crippen molar-refractivity contribution in [3.8, 4) is 0 Å². The van der Waals surface area contributed by atoms with Crippen molar-refractivity contribution in [3.63, 3.8) is 0 Å². The third kappa shape index (κ3) is 4.70. The highest BCUT2D eigenvalue weighted by molar-refractivity contribution is 5.54. The van der Waals surface area contributed by atoms with Crippen LogP contribution in [0.2, 0.25) is 0 Å². The highest BCUT2D eigenvalue weighted by Gasteiger charge is 2.03. The molecule has 1 aromatic heterocycles. The summed E-state index contributed by atoms with van der Waals surface area (Å²) in [6, 6.07) is 8.29. The number of hydrogen-bond acceptors (Lipinski definition) is 5. The minimum absolute atomic E-state index is 0.501. The summed E-state index contributed by atoms with van der Waals surface area (Å²) in [5.74, 6) is 2.32. The van der Waals surface area contributed by atoms with E-state index in [9.17, 15) is 0 Å². The van der Waals surface area contributed by atoms with E-state index in [-0.39, 0.29) is 0 Å². The van der Waals surface area contributed by atoms with E-state index in [0.29, 0.717) is 17.8 Å². The molecule has 0 aliphatic carbocycles. The van der Waals surface area contributed by atoms with Crippen molar-refractivity contribution in [2.45, 2.75) is 33.6 Å². The van der Waals surface area contributed by atoms with Crippen molar-refractivity contribution < 1.29 is 0 Å². The third-order valence-electron chi connectivity index (χ3n) is 3.08. The van der Waals surface area contributed by atoms with E-state index in [1.165, 1.54) is 5.56 Å². The van der Waals surface area contributed by atoms with Gasteiger partial charge >= 0.3 is 0 Å². The lowest BCUT2D eigenvalue weighted by Gasteiger charge is -2.10. The van der Waals surface area contributed by atoms with Crippen molar-refractivity contribution in [1.82, 2.24) is 15.2 Å². The number of nitrogens with one attached hydrogen (secondary N) is 2. The first-order valence-electron chi connectivity index (χ1n) is 7.35. The van der Waals surface area contributed by atoms with Crippen molar-refractivity contribution in [2.24, 2.45) is 5.92 Å². The van der Waals surface area contributed by atoms with Crippen LogP contribution < -0.4 is 10.6 Å². The minimum atomic E-state index is 0.501. The molecule has 0 aliphatic heterocycles. The molecule has 0 amide bonds. The Hall–Kier alpha value is -2.17. The molecule has 0 atom stereocenters. The second-order valence-electron chi connectivity index (χ2n) is 5.84. The average molecular weight is 285 g/mol. The number of aromatic nitrogens is 3. The van der Waals surface area contributed by atoms with Crippen LogP contribution in [0.5, 0.6) is 0 Å². The van der Waals surface area contributed by atoms with E-state index < -0.39 is 0 Å². The second-order valence-corrected chi connectivity index (χ2v) is 5.84. The van der Waals surface area contributed by atoms with Crippen LogP contribution in [0.3, 0.4) is 0 Å². The Kier molecular flexibility index (Phi) is 5.09. The lowest BCUT2D eigenvalue weighted by Crippen LogP contribution is -2.10. The molecule has 0 spiro atoms. The first-order valence-corrected chi connectivity index (χ1v) is 7.35. The summed E-state index contributed by atoms with van der Waals surface area (Å²) < 4.78 is 0. The van der Waals surface area contributed by atoms with Gasteiger partial charge in [-0.05, 0) is 29.5 Å². The van der Waals surface area contributed by atoms with Crippen LogP contribution in [0.1, 0.15) is 39.2 Å². The van der Waals surface area contributed by atoms with Crippen LogP contribution in [-0.4, -0.2) is 21.7 Å². The summed E-state index contributed by atoms with van der Waals surface area (Å²) in [6.45, 7) is 9.52. The molecule has 0 bridgehead atoms. The molecule has 2 N–H and O–H groups in total. The quantitative estimate of drug-likeness (QED) is 0.845. The number of anilines is 3. The molecular weight excluding hydrogens is 262 g/mol. The van der Waals surface area contributed by atoms with Gasteiger partial charge in [0.2, 0.25) is 5.95 Å². The number of rotatable bonds is 6. The maximum absolute atomic E-state index is 4.40. The molecule has 2 rings (SSSR count). The van der Waals surface area contributed by atoms with Gasteiger partial charge in [0, 0.05) is 12.2 Å². The maximum atomic E-state index is 4.40. The normalized spacial score (nSPS) is 11.0. The number of benzene rings is 1. The van der Waals surface area contributed by atoms with E-state index in [2.05, 4.69) is 65.6 Å². The molecule has 1 heterocycles. The zero-order valence-corrected chi connectivity index (χ0v) is 13.1. The second kappa shape index (κ2) is 7.02. The zero-order valence-electron chi connectivity index (χ0n) is 13.1. The smallest absolute Gasteiger partial charge is 0.249 e. The van der Waals surface area contributed by atoms with E-state index in [1.807, 2.05) is 12.1 Å². The van der Waals surface area contributed by atoms with Gasteiger partial charge < -0.3 is 10.6 Å². The molecule has 1 aromatic carbocycles. The Balaban J connectivity index is 2.03. The van der Waals surface area contributed by atoms with Gasteiger partial charge in [-0.15, -0.1) is 5.10 Å². The van der Waals surface area contributed by atoms with Gasteiger partial charge in [0.15, 0.2) is 5.82 Å². The standard InChI is InChI=1S/C16H23N5/c1-11(2)9-17-15-10-18-21-16(20-15)19-14-7-5-13(6-8-14)12(3)4/h5-8,10-12H,9H2,1-4H3,(H2,17,19,20,21). The summed E-state index contributed by atoms with van der Waals surface area (Å²) in [7, 11) is 0. The third-order valence-corrected chi connectivity index (χ3v) is 3.08. The van der Waals surface area contributed by atoms with Crippen molar-refractivity contribution in [1.29, 1.82) is 0 Å². The van der Waals surface area contributed by atoms with Gasteiger partial charge in [0.25, 0.3) is 0 Å². The molecule has 0 aliphatic rings. The highest BCUT2D eigenvalue weighted by Crippen LogP contribution is 2.19. The molecule has 0 saturated carbocycles. The van der Waals surface area contributed by atoms with Gasteiger partial charge in [-0.1, -0.05) is 39.8 Å². The van der Waals surface area contributed by atoms with Gasteiger partial charge in [0.1, 0.15) is 0 Å². The van der Waals surface area contributed by atoms with Gasteiger partial charge in [-0.25, -0.2) is 0 Å². The summed E-state index contributed by atoms with van der Waals surface area (Å²) in [4.78, 5) is 4.40. The Labute approximate surface area is 126 Å². The molecule has 0 fully saturated rings. The van der Waals surface area contributed by atoms with E-state index >= 15 is 0 Å². The van der Waals surface area contributed by atoms with Crippen LogP contribution in [-0.2, 0) is 0 Å². The fourth-order valence-corrected chi connectivity index (χ4v) is 1.83. The van der Waals surface area contributed by atoms with Crippen molar-refractivity contribution in [2.75, 3.05) is 17.2 Å². The Morgan fingerprint density at radius 3 is 2.38 bits per heavy atom. The summed E-state index contributed by atoms with van der Waals surface area (Å²) >= 11 is 0. The maximum Gasteiger partial charge on any atom is 0.249 e. The topological polar surface area (TPSA) is 62.7 Å². The van der Waals surface area contributed by atoms with Crippen molar-refractivity contribution >= 4 is 17.5 Å². The Morgan fingerprint density at radius 1 is 1.05 bits per heavy atom. The predicted octanol–water partition coefficient (Wildman–Crippen LogP) is 3.81. The van der Waals surface area contributed by atoms with E-state index in [4.69, 9.17) is 0 Å². The molecule has 0 unspecified atom stereocenters. The van der Waals surface area contributed by atoms with Crippen molar-refractivity contribution in [3.05, 3.63) is 36.0 Å². The van der Waals surface area contributed by atoms with Crippen LogP contribution in [0.25, 0.3) is 0 Å². The summed E-state index contributed by atoms with van der Waals surface area (Å²) in [5, 5.41) is 14.4. The Morgan fingerprint density at radius 2 is 1.76 bits per heavy atom. The first-order chi connectivity index (χ1) is 10.0. The number of nitrogens with zero attached hydrogens (tertiary/aromatic N) is 3. The van der Waals surface area contributed by atoms with Crippen LogP contribution in [0, 0.1) is 5.92 Å². The first kappa shape index (κ1) is 15.2. The number of hydrogen-bond donors (Lipinski definition) is 2. The van der Waals surface area contributed by atoms with E-state index in [1.54, 1.807) is 6.20 Å². The van der Waals surface area contributed by atoms with Gasteiger partial charge in [-0.2, -0.15) is 10.1 Å². The fraction of sp³-hybridized carbons (Fsp3) is 0.438. The molecule has 112 valence electrons. The minimum Gasteiger partial charge on any atom is -0.368 e. The molecule has 5 nitrogen and oxygen atoms in total. The van der Waals surface area contributed by atoms with Crippen LogP contribution in [0.4, 0.5) is 17.5 Å². The monoisotopic (exact) mass is 285 g/mol. The predicted molar refractivity (Wildman–Crippen MR) is 87.0 cm³/mol. The fourth-order valence-electron chi connectivity index (χ4n) is 1.83. The molecule has 0 saturated heterocycles. The Bertz CT molecular complexity index is 563.